The van der Waals surface area contributed by atoms with E-state index in [4.69, 9.17) is 0 Å². The number of rotatable bonds is 8. The molecule has 4 rings (SSSR count). The smallest absolute Gasteiger partial charge is 0.269 e. The molecule has 0 aliphatic rings. The summed E-state index contributed by atoms with van der Waals surface area (Å²) >= 11 is 0. The van der Waals surface area contributed by atoms with Crippen LogP contribution in [0.4, 0.5) is 0 Å². The maximum Gasteiger partial charge on any atom is 0.269 e. The van der Waals surface area contributed by atoms with Crippen molar-refractivity contribution < 1.29 is 4.79 Å². The normalized spacial score (nSPS) is 11.9. The van der Waals surface area contributed by atoms with Crippen molar-refractivity contribution in [3.05, 3.63) is 113 Å². The van der Waals surface area contributed by atoms with Gasteiger partial charge >= 0.3 is 0 Å². The van der Waals surface area contributed by atoms with Crippen molar-refractivity contribution in [2.24, 2.45) is 0 Å². The molecule has 4 aromatic rings. The van der Waals surface area contributed by atoms with Crippen molar-refractivity contribution >= 4 is 16.9 Å². The molecule has 1 heterocycles. The third-order valence-electron chi connectivity index (χ3n) is 5.39. The van der Waals surface area contributed by atoms with E-state index in [1.165, 1.54) is 16.3 Å². The second-order valence-corrected chi connectivity index (χ2v) is 7.58. The number of benzene rings is 3. The van der Waals surface area contributed by atoms with Crippen LogP contribution in [-0.2, 0) is 17.8 Å². The summed E-state index contributed by atoms with van der Waals surface area (Å²) in [5, 5.41) is 3.14. The Bertz CT molecular complexity index is 1200. The van der Waals surface area contributed by atoms with Gasteiger partial charge in [-0.2, -0.15) is 0 Å². The lowest BCUT2D eigenvalue weighted by Gasteiger charge is -2.20. The number of carbonyl (C=O) groups excluding carboxylic acids is 1. The second kappa shape index (κ2) is 9.85. The minimum atomic E-state index is -0.283. The highest BCUT2D eigenvalue weighted by atomic mass is 16.2. The fraction of sp³-hybridized carbons (Fsp3) is 0.192. The summed E-state index contributed by atoms with van der Waals surface area (Å²) in [7, 11) is 0. The van der Waals surface area contributed by atoms with Crippen molar-refractivity contribution in [1.29, 1.82) is 0 Å². The van der Waals surface area contributed by atoms with Gasteiger partial charge in [-0.15, -0.1) is 0 Å². The van der Waals surface area contributed by atoms with Gasteiger partial charge in [-0.3, -0.25) is 14.2 Å². The minimum Gasteiger partial charge on any atom is -0.348 e. The monoisotopic (exact) mass is 411 g/mol. The Hall–Kier alpha value is -3.73. The molecule has 0 spiro atoms. The number of aryl methyl sites for hydroxylation is 1. The largest absolute Gasteiger partial charge is 0.348 e. The molecule has 5 heteroatoms. The summed E-state index contributed by atoms with van der Waals surface area (Å²) in [5.74, 6) is -0.188. The maximum atomic E-state index is 12.9. The van der Waals surface area contributed by atoms with E-state index in [0.717, 1.165) is 24.8 Å². The molecule has 1 atom stereocenters. The first-order chi connectivity index (χ1) is 15.2. The zero-order chi connectivity index (χ0) is 21.5. The van der Waals surface area contributed by atoms with Gasteiger partial charge in [0.2, 0.25) is 5.91 Å². The number of nitrogens with zero attached hydrogens (tertiary/aromatic N) is 2. The molecule has 31 heavy (non-hydrogen) atoms. The predicted molar refractivity (Wildman–Crippen MR) is 123 cm³/mol. The first-order valence-electron chi connectivity index (χ1n) is 10.5. The van der Waals surface area contributed by atoms with Crippen molar-refractivity contribution in [3.8, 4) is 0 Å². The van der Waals surface area contributed by atoms with Crippen molar-refractivity contribution in [1.82, 2.24) is 14.9 Å². The lowest BCUT2D eigenvalue weighted by Crippen LogP contribution is -2.35. The zero-order valence-electron chi connectivity index (χ0n) is 17.3. The van der Waals surface area contributed by atoms with Crippen LogP contribution in [0.3, 0.4) is 0 Å². The minimum absolute atomic E-state index is 0.0378. The summed E-state index contributed by atoms with van der Waals surface area (Å²) < 4.78 is 1.48. The number of hydrogen-bond acceptors (Lipinski definition) is 3. The van der Waals surface area contributed by atoms with E-state index in [-0.39, 0.29) is 24.1 Å². The molecule has 1 aromatic heterocycles. The molecule has 0 saturated heterocycles. The maximum absolute atomic E-state index is 12.9. The molecule has 0 radical (unpaired) electrons. The molecule has 0 aliphatic carbocycles. The van der Waals surface area contributed by atoms with Crippen LogP contribution in [0.25, 0.3) is 11.0 Å². The molecule has 156 valence electrons. The number of para-hydroxylation sites is 2. The number of amides is 1. The van der Waals surface area contributed by atoms with Gasteiger partial charge in [0, 0.05) is 0 Å². The SMILES string of the molecule is O=C(Cn1c(=O)cnc2ccccc21)NC(CCCc1ccccc1)c1ccccc1. The van der Waals surface area contributed by atoms with Gasteiger partial charge in [0.25, 0.3) is 5.56 Å². The Kier molecular flexibility index (Phi) is 6.53. The number of carbonyl (C=O) groups is 1. The highest BCUT2D eigenvalue weighted by Crippen LogP contribution is 2.20. The summed E-state index contributed by atoms with van der Waals surface area (Å²) in [6.07, 6.45) is 3.98. The Balaban J connectivity index is 1.48. The van der Waals surface area contributed by atoms with E-state index in [2.05, 4.69) is 22.4 Å². The summed E-state index contributed by atoms with van der Waals surface area (Å²) in [6.45, 7) is -0.0378. The van der Waals surface area contributed by atoms with Crippen LogP contribution in [0.15, 0.2) is 95.9 Å². The van der Waals surface area contributed by atoms with Gasteiger partial charge < -0.3 is 5.32 Å². The average molecular weight is 412 g/mol. The number of hydrogen-bond donors (Lipinski definition) is 1. The number of nitrogens with one attached hydrogen (secondary N) is 1. The van der Waals surface area contributed by atoms with Gasteiger partial charge in [0.1, 0.15) is 6.54 Å². The molecule has 0 aliphatic heterocycles. The summed E-state index contributed by atoms with van der Waals surface area (Å²) in [6, 6.07) is 27.6. The highest BCUT2D eigenvalue weighted by molar-refractivity contribution is 5.80. The molecular weight excluding hydrogens is 386 g/mol. The van der Waals surface area contributed by atoms with E-state index >= 15 is 0 Å². The van der Waals surface area contributed by atoms with E-state index in [0.29, 0.717) is 11.0 Å². The summed E-state index contributed by atoms with van der Waals surface area (Å²) in [4.78, 5) is 29.5. The highest BCUT2D eigenvalue weighted by Gasteiger charge is 2.16. The van der Waals surface area contributed by atoms with Crippen LogP contribution >= 0.6 is 0 Å². The zero-order valence-corrected chi connectivity index (χ0v) is 17.3. The molecule has 1 amide bonds. The molecule has 0 fully saturated rings. The Morgan fingerprint density at radius 1 is 0.903 bits per heavy atom. The van der Waals surface area contributed by atoms with Gasteiger partial charge in [-0.25, -0.2) is 4.98 Å². The Labute approximate surface area is 181 Å². The quantitative estimate of drug-likeness (QED) is 0.471. The predicted octanol–water partition coefficient (Wildman–Crippen LogP) is 4.28. The molecule has 3 aromatic carbocycles. The number of fused-ring (bicyclic) bond motifs is 1. The fourth-order valence-corrected chi connectivity index (χ4v) is 3.82. The molecule has 5 nitrogen and oxygen atoms in total. The molecule has 0 saturated carbocycles. The van der Waals surface area contributed by atoms with Gasteiger partial charge in [-0.1, -0.05) is 72.8 Å². The molecular formula is C26H25N3O2. The first-order valence-corrected chi connectivity index (χ1v) is 10.5. The van der Waals surface area contributed by atoms with Crippen LogP contribution in [0.2, 0.25) is 0 Å². The van der Waals surface area contributed by atoms with Gasteiger partial charge in [-0.05, 0) is 42.5 Å². The third kappa shape index (κ3) is 5.25. The van der Waals surface area contributed by atoms with Crippen molar-refractivity contribution in [2.75, 3.05) is 0 Å². The van der Waals surface area contributed by atoms with Crippen LogP contribution in [-0.4, -0.2) is 15.5 Å². The van der Waals surface area contributed by atoms with Crippen LogP contribution in [0.1, 0.15) is 30.0 Å². The van der Waals surface area contributed by atoms with Crippen LogP contribution in [0, 0.1) is 0 Å². The molecule has 0 bridgehead atoms. The average Bonchev–Trinajstić information content (AvgIpc) is 2.81. The topological polar surface area (TPSA) is 64.0 Å². The molecule has 1 unspecified atom stereocenters. The van der Waals surface area contributed by atoms with E-state index in [1.807, 2.05) is 72.8 Å². The fourth-order valence-electron chi connectivity index (χ4n) is 3.82. The van der Waals surface area contributed by atoms with Crippen molar-refractivity contribution in [3.63, 3.8) is 0 Å². The van der Waals surface area contributed by atoms with E-state index in [9.17, 15) is 9.59 Å². The van der Waals surface area contributed by atoms with Crippen LogP contribution < -0.4 is 10.9 Å². The van der Waals surface area contributed by atoms with Gasteiger partial charge in [0.15, 0.2) is 0 Å². The van der Waals surface area contributed by atoms with E-state index in [1.54, 1.807) is 0 Å². The second-order valence-electron chi connectivity index (χ2n) is 7.58. The summed E-state index contributed by atoms with van der Waals surface area (Å²) in [5.41, 5.74) is 3.42. The van der Waals surface area contributed by atoms with Gasteiger partial charge in [0.05, 0.1) is 23.3 Å². The lowest BCUT2D eigenvalue weighted by molar-refractivity contribution is -0.122. The Morgan fingerprint density at radius 2 is 1.58 bits per heavy atom. The molecule has 1 N–H and O–H groups in total. The first kappa shape index (κ1) is 20.5. The lowest BCUT2D eigenvalue weighted by atomic mass is 9.99. The third-order valence-corrected chi connectivity index (χ3v) is 5.39. The van der Waals surface area contributed by atoms with Crippen LogP contribution in [0.5, 0.6) is 0 Å². The Morgan fingerprint density at radius 3 is 2.35 bits per heavy atom. The standard InChI is InChI=1S/C26H25N3O2/c30-25(19-29-24-17-8-7-15-23(24)27-18-26(29)31)28-22(21-13-5-2-6-14-21)16-9-12-20-10-3-1-4-11-20/h1-8,10-11,13-15,17-18,22H,9,12,16,19H2,(H,28,30). The van der Waals surface area contributed by atoms with Crippen molar-refractivity contribution in [2.45, 2.75) is 31.8 Å². The number of aromatic nitrogens is 2. The van der Waals surface area contributed by atoms with E-state index < -0.39 is 0 Å².